The molecule has 6 nitrogen and oxygen atoms in total. The van der Waals surface area contributed by atoms with Gasteiger partial charge in [-0.1, -0.05) is 65.2 Å². The summed E-state index contributed by atoms with van der Waals surface area (Å²) in [7, 11) is 0. The predicted molar refractivity (Wildman–Crippen MR) is 106 cm³/mol. The van der Waals surface area contributed by atoms with Gasteiger partial charge in [-0.2, -0.15) is 5.10 Å². The normalized spacial score (nSPS) is 11.5. The summed E-state index contributed by atoms with van der Waals surface area (Å²) >= 11 is 4.48. The quantitative estimate of drug-likeness (QED) is 0.346. The lowest BCUT2D eigenvalue weighted by molar-refractivity contribution is -0.118. The fraction of sp³-hybridized carbons (Fsp3) is 0.176. The number of carbonyl (C=O) groups excluding carboxylic acids is 1. The lowest BCUT2D eigenvalue weighted by Crippen LogP contribution is -2.21. The number of thioether (sulfide) groups is 2. The van der Waals surface area contributed by atoms with E-state index in [0.29, 0.717) is 11.5 Å². The summed E-state index contributed by atoms with van der Waals surface area (Å²) in [6, 6.07) is 13.8. The van der Waals surface area contributed by atoms with Crippen LogP contribution in [0.5, 0.6) is 0 Å². The molecule has 0 aliphatic rings. The van der Waals surface area contributed by atoms with Crippen molar-refractivity contribution in [2.24, 2.45) is 5.10 Å². The molecule has 1 aromatic carbocycles. The smallest absolute Gasteiger partial charge is 0.250 e. The molecule has 0 atom stereocenters. The number of hydrazone groups is 1. The first-order valence-corrected chi connectivity index (χ1v) is 10.5. The zero-order chi connectivity index (χ0) is 18.2. The zero-order valence-corrected chi connectivity index (χ0v) is 16.4. The van der Waals surface area contributed by atoms with Gasteiger partial charge in [0.2, 0.25) is 0 Å². The molecule has 1 amide bonds. The molecular formula is C17H16N4O2S3. The largest absolute Gasteiger partial charge is 0.463 e. The van der Waals surface area contributed by atoms with Gasteiger partial charge in [0, 0.05) is 5.75 Å². The van der Waals surface area contributed by atoms with Gasteiger partial charge in [0.25, 0.3) is 5.91 Å². The van der Waals surface area contributed by atoms with Crippen molar-refractivity contribution < 1.29 is 9.21 Å². The molecule has 0 radical (unpaired) electrons. The van der Waals surface area contributed by atoms with Crippen LogP contribution < -0.4 is 5.43 Å². The van der Waals surface area contributed by atoms with Crippen LogP contribution >= 0.6 is 34.9 Å². The molecule has 0 aliphatic carbocycles. The highest BCUT2D eigenvalue weighted by atomic mass is 32.2. The predicted octanol–water partition coefficient (Wildman–Crippen LogP) is 4.06. The average molecular weight is 405 g/mol. The Hall–Kier alpha value is -2.10. The Kier molecular flexibility index (Phi) is 6.87. The van der Waals surface area contributed by atoms with Crippen molar-refractivity contribution in [1.82, 2.24) is 15.6 Å². The van der Waals surface area contributed by atoms with Gasteiger partial charge in [0.05, 0.1) is 12.0 Å². The van der Waals surface area contributed by atoms with Crippen molar-refractivity contribution in [3.8, 4) is 0 Å². The summed E-state index contributed by atoms with van der Waals surface area (Å²) in [4.78, 5) is 11.9. The van der Waals surface area contributed by atoms with E-state index in [0.717, 1.165) is 14.4 Å². The van der Waals surface area contributed by atoms with Gasteiger partial charge in [-0.05, 0) is 24.6 Å². The number of nitrogens with one attached hydrogen (secondary N) is 1. The summed E-state index contributed by atoms with van der Waals surface area (Å²) in [5.74, 6) is 1.51. The third-order valence-corrected chi connectivity index (χ3v) is 6.41. The molecule has 0 saturated carbocycles. The highest BCUT2D eigenvalue weighted by Crippen LogP contribution is 2.30. The van der Waals surface area contributed by atoms with Crippen molar-refractivity contribution in [1.29, 1.82) is 0 Å². The van der Waals surface area contributed by atoms with Gasteiger partial charge in [-0.3, -0.25) is 4.79 Å². The molecule has 134 valence electrons. The van der Waals surface area contributed by atoms with Crippen molar-refractivity contribution in [3.63, 3.8) is 0 Å². The van der Waals surface area contributed by atoms with Gasteiger partial charge >= 0.3 is 0 Å². The minimum Gasteiger partial charge on any atom is -0.463 e. The molecular weight excluding hydrogens is 388 g/mol. The minimum atomic E-state index is -0.199. The SMILES string of the molecule is CC(=NNC(=O)CSc1nnc(SCc2ccccc2)s1)c1ccco1. The molecule has 3 aromatic rings. The molecule has 0 bridgehead atoms. The number of carbonyl (C=O) groups is 1. The second kappa shape index (κ2) is 9.56. The Morgan fingerprint density at radius 3 is 2.65 bits per heavy atom. The molecule has 2 aromatic heterocycles. The number of nitrogens with zero attached hydrogens (tertiary/aromatic N) is 3. The summed E-state index contributed by atoms with van der Waals surface area (Å²) in [6.45, 7) is 1.77. The van der Waals surface area contributed by atoms with Gasteiger partial charge < -0.3 is 4.42 Å². The number of amides is 1. The van der Waals surface area contributed by atoms with Crippen LogP contribution in [-0.4, -0.2) is 27.6 Å². The molecule has 9 heteroatoms. The van der Waals surface area contributed by atoms with E-state index in [4.69, 9.17) is 4.42 Å². The van der Waals surface area contributed by atoms with E-state index in [1.807, 2.05) is 18.2 Å². The van der Waals surface area contributed by atoms with E-state index in [-0.39, 0.29) is 11.7 Å². The van der Waals surface area contributed by atoms with Crippen LogP contribution in [0, 0.1) is 0 Å². The summed E-state index contributed by atoms with van der Waals surface area (Å²) in [6.07, 6.45) is 1.56. The topological polar surface area (TPSA) is 80.4 Å². The van der Waals surface area contributed by atoms with Gasteiger partial charge in [0.1, 0.15) is 11.5 Å². The number of hydrogen-bond donors (Lipinski definition) is 1. The Labute approximate surface area is 163 Å². The summed E-state index contributed by atoms with van der Waals surface area (Å²) < 4.78 is 6.87. The second-order valence-electron chi connectivity index (χ2n) is 5.11. The molecule has 0 aliphatic heterocycles. The van der Waals surface area contributed by atoms with E-state index >= 15 is 0 Å². The monoisotopic (exact) mass is 404 g/mol. The minimum absolute atomic E-state index is 0.199. The van der Waals surface area contributed by atoms with Crippen LogP contribution in [0.4, 0.5) is 0 Å². The molecule has 0 unspecified atom stereocenters. The molecule has 0 fully saturated rings. The fourth-order valence-electron chi connectivity index (χ4n) is 1.88. The lowest BCUT2D eigenvalue weighted by Gasteiger charge is -1.99. The standard InChI is InChI=1S/C17H16N4O2S3/c1-12(14-8-5-9-23-14)18-19-15(22)11-25-17-21-20-16(26-17)24-10-13-6-3-2-4-7-13/h2-9H,10-11H2,1H3,(H,19,22). The number of aromatic nitrogens is 2. The summed E-state index contributed by atoms with van der Waals surface area (Å²) in [5, 5.41) is 12.3. The van der Waals surface area contributed by atoms with Gasteiger partial charge in [0.15, 0.2) is 8.68 Å². The van der Waals surface area contributed by atoms with Crippen LogP contribution in [0.1, 0.15) is 18.2 Å². The molecule has 26 heavy (non-hydrogen) atoms. The third kappa shape index (κ3) is 5.72. The van der Waals surface area contributed by atoms with Gasteiger partial charge in [-0.15, -0.1) is 10.2 Å². The number of rotatable bonds is 8. The molecule has 0 saturated heterocycles. The summed E-state index contributed by atoms with van der Waals surface area (Å²) in [5.41, 5.74) is 4.37. The maximum atomic E-state index is 11.9. The third-order valence-electron chi connectivity index (χ3n) is 3.15. The Balaban J connectivity index is 1.42. The fourth-order valence-corrected chi connectivity index (χ4v) is 4.65. The van der Waals surface area contributed by atoms with E-state index in [9.17, 15) is 4.79 Å². The van der Waals surface area contributed by atoms with E-state index in [2.05, 4.69) is 32.9 Å². The van der Waals surface area contributed by atoms with Crippen LogP contribution in [0.2, 0.25) is 0 Å². The first-order valence-electron chi connectivity index (χ1n) is 7.71. The van der Waals surface area contributed by atoms with E-state index in [1.54, 1.807) is 37.1 Å². The van der Waals surface area contributed by atoms with Crippen molar-refractivity contribution in [2.45, 2.75) is 21.4 Å². The van der Waals surface area contributed by atoms with Crippen LogP contribution in [-0.2, 0) is 10.5 Å². The van der Waals surface area contributed by atoms with Crippen molar-refractivity contribution >= 4 is 46.5 Å². The van der Waals surface area contributed by atoms with Crippen LogP contribution in [0.15, 0.2) is 66.9 Å². The molecule has 3 rings (SSSR count). The number of furan rings is 1. The number of benzene rings is 1. The maximum Gasteiger partial charge on any atom is 0.250 e. The first-order chi connectivity index (χ1) is 12.7. The highest BCUT2D eigenvalue weighted by Gasteiger charge is 2.09. The zero-order valence-electron chi connectivity index (χ0n) is 13.9. The Bertz CT molecular complexity index is 863. The second-order valence-corrected chi connectivity index (χ2v) is 8.53. The van der Waals surface area contributed by atoms with Crippen molar-refractivity contribution in [3.05, 3.63) is 60.1 Å². The lowest BCUT2D eigenvalue weighted by atomic mass is 10.2. The van der Waals surface area contributed by atoms with Crippen molar-refractivity contribution in [2.75, 3.05) is 5.75 Å². The van der Waals surface area contributed by atoms with Crippen LogP contribution in [0.25, 0.3) is 0 Å². The Morgan fingerprint density at radius 1 is 1.15 bits per heavy atom. The highest BCUT2D eigenvalue weighted by molar-refractivity contribution is 8.03. The van der Waals surface area contributed by atoms with Gasteiger partial charge in [-0.25, -0.2) is 5.43 Å². The number of hydrogen-bond acceptors (Lipinski definition) is 8. The first kappa shape index (κ1) is 18.7. The molecule has 0 spiro atoms. The van der Waals surface area contributed by atoms with E-state index < -0.39 is 0 Å². The van der Waals surface area contributed by atoms with Crippen LogP contribution in [0.3, 0.4) is 0 Å². The maximum absolute atomic E-state index is 11.9. The molecule has 1 N–H and O–H groups in total. The Morgan fingerprint density at radius 2 is 1.92 bits per heavy atom. The molecule has 2 heterocycles. The van der Waals surface area contributed by atoms with E-state index in [1.165, 1.54) is 28.7 Å². The average Bonchev–Trinajstić information content (AvgIpc) is 3.35.